The van der Waals surface area contributed by atoms with E-state index < -0.39 is 69.4 Å². The number of nitrogens with zero attached hydrogens (tertiary/aromatic N) is 3. The molecule has 1 aliphatic carbocycles. The molecule has 1 aliphatic heterocycles. The van der Waals surface area contributed by atoms with Crippen molar-refractivity contribution < 1.29 is 67.0 Å². The van der Waals surface area contributed by atoms with E-state index >= 15 is 0 Å². The van der Waals surface area contributed by atoms with E-state index in [0.717, 1.165) is 28.8 Å². The van der Waals surface area contributed by atoms with Crippen molar-refractivity contribution in [1.82, 2.24) is 20.2 Å². The predicted octanol–water partition coefficient (Wildman–Crippen LogP) is 13.7. The topological polar surface area (TPSA) is 134 Å². The van der Waals surface area contributed by atoms with Crippen molar-refractivity contribution in [2.45, 2.75) is 92.7 Å². The first-order chi connectivity index (χ1) is 37.3. The number of alkyl halides is 9. The van der Waals surface area contributed by atoms with Crippen LogP contribution in [0.2, 0.25) is 0 Å². The average Bonchev–Trinajstić information content (AvgIpc) is 4.18. The zero-order chi connectivity index (χ0) is 56.9. The maximum Gasteiger partial charge on any atom is 0.416 e. The van der Waals surface area contributed by atoms with Crippen molar-refractivity contribution in [2.24, 2.45) is 5.92 Å². The fourth-order valence-corrected chi connectivity index (χ4v) is 11.8. The summed E-state index contributed by atoms with van der Waals surface area (Å²) in [5.74, 6) is -0.772. The molecule has 0 unspecified atom stereocenters. The van der Waals surface area contributed by atoms with Gasteiger partial charge in [-0.15, -0.1) is 11.3 Å². The molecule has 2 aromatic heterocycles. The number of hydrogen-bond acceptors (Lipinski definition) is 9. The number of halogens is 10. The van der Waals surface area contributed by atoms with Crippen LogP contribution < -0.4 is 10.0 Å². The number of aliphatic hydroxyl groups excluding tert-OH is 1. The van der Waals surface area contributed by atoms with Crippen molar-refractivity contribution in [3.8, 4) is 21.8 Å². The van der Waals surface area contributed by atoms with Crippen LogP contribution in [0, 0.1) is 11.7 Å². The number of nitrogens with one attached hydrogen (secondary N) is 2. The molecular formula is C57H53F10N5O5S2. The summed E-state index contributed by atoms with van der Waals surface area (Å²) in [6.45, 7) is 2.46. The van der Waals surface area contributed by atoms with Crippen molar-refractivity contribution >= 4 is 33.0 Å². The van der Waals surface area contributed by atoms with E-state index in [1.54, 1.807) is 72.2 Å². The van der Waals surface area contributed by atoms with Crippen LogP contribution in [0.3, 0.4) is 0 Å². The zero-order valence-electron chi connectivity index (χ0n) is 42.3. The van der Waals surface area contributed by atoms with E-state index in [-0.39, 0.29) is 40.3 Å². The van der Waals surface area contributed by atoms with E-state index in [1.165, 1.54) is 54.7 Å². The molecule has 10 nitrogen and oxygen atoms in total. The van der Waals surface area contributed by atoms with Crippen molar-refractivity contribution in [3.63, 3.8) is 0 Å². The molecule has 79 heavy (non-hydrogen) atoms. The molecule has 2 aliphatic rings. The van der Waals surface area contributed by atoms with Gasteiger partial charge in [-0.2, -0.15) is 39.5 Å². The Balaban J connectivity index is 0.000000211. The molecule has 3 N–H and O–H groups in total. The van der Waals surface area contributed by atoms with Crippen LogP contribution in [-0.2, 0) is 44.5 Å². The third-order valence-electron chi connectivity index (χ3n) is 14.0. The Morgan fingerprint density at radius 1 is 0.772 bits per heavy atom. The first kappa shape index (κ1) is 58.4. The second-order valence-electron chi connectivity index (χ2n) is 19.3. The van der Waals surface area contributed by atoms with Gasteiger partial charge in [0.15, 0.2) is 0 Å². The highest BCUT2D eigenvalue weighted by Gasteiger charge is 2.47. The molecule has 6 atom stereocenters. The summed E-state index contributed by atoms with van der Waals surface area (Å²) in [6, 6.07) is 28.9. The van der Waals surface area contributed by atoms with Crippen molar-refractivity contribution in [1.29, 1.82) is 0 Å². The van der Waals surface area contributed by atoms with Gasteiger partial charge in [0.2, 0.25) is 5.91 Å². The van der Waals surface area contributed by atoms with E-state index in [4.69, 9.17) is 4.74 Å². The van der Waals surface area contributed by atoms with Gasteiger partial charge in [-0.05, 0) is 135 Å². The number of likely N-dealkylation sites (tertiary alicyclic amines) is 1. The molecule has 1 amide bonds. The van der Waals surface area contributed by atoms with Crippen LogP contribution in [0.15, 0.2) is 150 Å². The Bertz CT molecular complexity index is 3240. The van der Waals surface area contributed by atoms with Crippen LogP contribution in [0.5, 0.6) is 0 Å². The second kappa shape index (κ2) is 24.3. The quantitative estimate of drug-likeness (QED) is 0.0643. The number of benzene rings is 5. The van der Waals surface area contributed by atoms with Gasteiger partial charge in [0.25, 0.3) is 10.0 Å². The minimum absolute atomic E-state index is 0.0132. The van der Waals surface area contributed by atoms with E-state index in [9.17, 15) is 62.2 Å². The molecule has 0 bridgehead atoms. The second-order valence-corrected chi connectivity index (χ2v) is 21.8. The van der Waals surface area contributed by atoms with E-state index in [1.807, 2.05) is 18.2 Å². The average molecular weight is 1140 g/mol. The lowest BCUT2D eigenvalue weighted by Crippen LogP contribution is -2.37. The monoisotopic (exact) mass is 1140 g/mol. The molecular weight excluding hydrogens is 1090 g/mol. The number of amides is 1. The summed E-state index contributed by atoms with van der Waals surface area (Å²) in [6.07, 6.45) is -10.4. The summed E-state index contributed by atoms with van der Waals surface area (Å²) in [4.78, 5) is 22.4. The minimum atomic E-state index is -4.95. The van der Waals surface area contributed by atoms with E-state index in [0.29, 0.717) is 84.8 Å². The molecule has 7 aromatic rings. The first-order valence-electron chi connectivity index (χ1n) is 24.9. The summed E-state index contributed by atoms with van der Waals surface area (Å²) in [7, 11) is -2.12. The number of ether oxygens (including phenoxy) is 1. The summed E-state index contributed by atoms with van der Waals surface area (Å²) in [5.41, 5.74) is 0.966. The van der Waals surface area contributed by atoms with Gasteiger partial charge in [-0.25, -0.2) is 17.8 Å². The highest BCUT2D eigenvalue weighted by Crippen LogP contribution is 2.48. The molecule has 9 rings (SSSR count). The molecule has 5 aromatic carbocycles. The molecule has 0 radical (unpaired) electrons. The Morgan fingerprint density at radius 2 is 1.41 bits per heavy atom. The highest BCUT2D eigenvalue weighted by atomic mass is 32.2. The fourth-order valence-electron chi connectivity index (χ4n) is 9.87. The smallest absolute Gasteiger partial charge is 0.387 e. The largest absolute Gasteiger partial charge is 0.416 e. The first-order valence-corrected chi connectivity index (χ1v) is 27.3. The number of anilines is 1. The maximum atomic E-state index is 13.6. The standard InChI is InChI=1S/C31H27F3N4O3S2.C26H26F7NO2/c32-31(33,34)25-9-5-22(6-10-25)28-20-42-30(37-28)23-7-13-27(14-8-23)43(40,41)38-26-11-3-21(4-12-26)15-17-36-19-29(39)24-2-1-16-35-18-24;1-14(16-11-17(25(28,29)30)13-18(12-16)26(31,32)33)36-22-9-7-20(21-8-10-23(35)34(21)2)24(22)15-3-5-19(27)6-4-15/h1-14,16,18,20,29,36,38-39H,15,17,19H2;3-6,11-14,20-22,24H,7-10H2,1-2H3/t29-;14-,20+,21-,22+,24+/m01/s1. The van der Waals surface area contributed by atoms with Gasteiger partial charge in [-0.1, -0.05) is 54.6 Å². The summed E-state index contributed by atoms with van der Waals surface area (Å²) >= 11 is 1.31. The van der Waals surface area contributed by atoms with E-state index in [2.05, 4.69) is 20.0 Å². The lowest BCUT2D eigenvalue weighted by Gasteiger charge is -2.34. The van der Waals surface area contributed by atoms with Crippen LogP contribution in [0.4, 0.5) is 49.6 Å². The number of pyridine rings is 1. The van der Waals surface area contributed by atoms with Crippen LogP contribution in [-0.4, -0.2) is 66.6 Å². The zero-order valence-corrected chi connectivity index (χ0v) is 43.9. The van der Waals surface area contributed by atoms with Gasteiger partial charge >= 0.3 is 18.5 Å². The van der Waals surface area contributed by atoms with Gasteiger partial charge in [0.1, 0.15) is 10.8 Å². The lowest BCUT2D eigenvalue weighted by molar-refractivity contribution is -0.143. The molecule has 418 valence electrons. The van der Waals surface area contributed by atoms with Crippen molar-refractivity contribution in [2.75, 3.05) is 24.9 Å². The predicted molar refractivity (Wildman–Crippen MR) is 278 cm³/mol. The lowest BCUT2D eigenvalue weighted by atomic mass is 9.82. The number of thiazole rings is 1. The van der Waals surface area contributed by atoms with Crippen LogP contribution in [0.1, 0.15) is 89.7 Å². The molecule has 2 fully saturated rings. The number of carbonyl (C=O) groups excluding carboxylic acids is 1. The number of sulfonamides is 1. The Morgan fingerprint density at radius 3 is 1.99 bits per heavy atom. The third-order valence-corrected chi connectivity index (χ3v) is 16.3. The van der Waals surface area contributed by atoms with Gasteiger partial charge in [0.05, 0.1) is 45.6 Å². The number of rotatable bonds is 16. The number of hydrogen-bond donors (Lipinski definition) is 3. The Kier molecular flexibility index (Phi) is 18.0. The SMILES string of the molecule is C[C@@H](O[C@H]1CC[C@@H]([C@H]2CCC(=O)N2C)[C@@H]1c1ccc(F)cc1)c1cc(C(F)(F)F)cc(C(F)(F)F)c1.O=S(=O)(Nc1ccc(CCNC[C@H](O)c2cccnc2)cc1)c1ccc(-c2nc(-c3ccc(C(F)(F)F)cc3)cs2)cc1. The summed E-state index contributed by atoms with van der Waals surface area (Å²) < 4.78 is 167. The van der Waals surface area contributed by atoms with Gasteiger partial charge in [-0.3, -0.25) is 14.5 Å². The Labute approximate surface area is 453 Å². The summed E-state index contributed by atoms with van der Waals surface area (Å²) in [5, 5.41) is 15.8. The Hall–Kier alpha value is -6.72. The number of aromatic nitrogens is 2. The maximum absolute atomic E-state index is 13.6. The number of carbonyl (C=O) groups is 1. The molecule has 1 saturated carbocycles. The fraction of sp³-hybridized carbons (Fsp3) is 0.316. The third kappa shape index (κ3) is 14.8. The van der Waals surface area contributed by atoms with Crippen molar-refractivity contribution in [3.05, 3.63) is 190 Å². The highest BCUT2D eigenvalue weighted by molar-refractivity contribution is 7.92. The molecule has 1 saturated heterocycles. The molecule has 0 spiro atoms. The van der Waals surface area contributed by atoms with Crippen LogP contribution in [0.25, 0.3) is 21.8 Å². The number of aliphatic hydroxyl groups is 1. The molecule has 3 heterocycles. The minimum Gasteiger partial charge on any atom is -0.387 e. The normalized spacial score (nSPS) is 18.7. The van der Waals surface area contributed by atoms with Crippen LogP contribution >= 0.6 is 11.3 Å². The molecule has 22 heteroatoms. The van der Waals surface area contributed by atoms with Gasteiger partial charge < -0.3 is 20.1 Å². The van der Waals surface area contributed by atoms with Gasteiger partial charge in [0, 0.05) is 72.1 Å².